The van der Waals surface area contributed by atoms with Gasteiger partial charge < -0.3 is 16.2 Å². The van der Waals surface area contributed by atoms with Crippen molar-refractivity contribution in [2.75, 3.05) is 5.75 Å². The summed E-state index contributed by atoms with van der Waals surface area (Å²) in [4.78, 5) is 42.4. The molecule has 0 bridgehead atoms. The molecule has 0 saturated carbocycles. The number of nitrogens with zero attached hydrogens (tertiary/aromatic N) is 5. The van der Waals surface area contributed by atoms with Crippen LogP contribution in [0.3, 0.4) is 0 Å². The van der Waals surface area contributed by atoms with E-state index in [1.165, 1.54) is 28.4 Å². The number of carbonyl (C=O) groups is 3. The number of hydrogen-bond acceptors (Lipinski definition) is 10. The number of rotatable bonds is 10. The lowest BCUT2D eigenvalue weighted by Crippen LogP contribution is -2.70. The van der Waals surface area contributed by atoms with Gasteiger partial charge in [0.2, 0.25) is 11.1 Å². The van der Waals surface area contributed by atoms with Crippen molar-refractivity contribution in [1.29, 1.82) is 0 Å². The molecule has 5 N–H and O–H groups in total. The SMILES string of the molecule is NC(=O)CCC(Sc1nnn[nH]1)C1=C(C(=O)O)N2C(=O)C(NC(=S)Cc3ccncc3)[C@@H]2SC1. The van der Waals surface area contributed by atoms with E-state index in [0.29, 0.717) is 27.9 Å². The minimum atomic E-state index is -1.22. The van der Waals surface area contributed by atoms with Crippen molar-refractivity contribution in [3.63, 3.8) is 0 Å². The van der Waals surface area contributed by atoms with Gasteiger partial charge in [0.1, 0.15) is 17.1 Å². The summed E-state index contributed by atoms with van der Waals surface area (Å²) in [6.07, 6.45) is 4.10. The van der Waals surface area contributed by atoms with E-state index in [2.05, 4.69) is 30.9 Å². The number of aromatic nitrogens is 5. The van der Waals surface area contributed by atoms with Crippen LogP contribution >= 0.6 is 35.7 Å². The summed E-state index contributed by atoms with van der Waals surface area (Å²) in [5.74, 6) is -1.74. The summed E-state index contributed by atoms with van der Waals surface area (Å²) < 4.78 is 0. The number of nitrogens with one attached hydrogen (secondary N) is 2. The van der Waals surface area contributed by atoms with Gasteiger partial charge in [-0.05, 0) is 40.1 Å². The number of tetrazole rings is 1. The van der Waals surface area contributed by atoms with Gasteiger partial charge in [-0.3, -0.25) is 19.5 Å². The van der Waals surface area contributed by atoms with Crippen molar-refractivity contribution in [1.82, 2.24) is 35.8 Å². The number of amides is 2. The third-order valence-corrected chi connectivity index (χ3v) is 8.02. The van der Waals surface area contributed by atoms with Gasteiger partial charge in [-0.15, -0.1) is 16.9 Å². The smallest absolute Gasteiger partial charge is 0.352 e. The molecule has 0 aromatic carbocycles. The molecule has 0 spiro atoms. The average Bonchev–Trinajstić information content (AvgIpc) is 3.33. The van der Waals surface area contributed by atoms with E-state index in [4.69, 9.17) is 18.0 Å². The monoisotopic (exact) mass is 520 g/mol. The molecule has 2 aromatic heterocycles. The maximum Gasteiger partial charge on any atom is 0.352 e. The number of carboxylic acid groups (broad SMARTS) is 1. The Balaban J connectivity index is 1.53. The molecule has 34 heavy (non-hydrogen) atoms. The standard InChI is InChI=1S/C19H20N8O4S3/c20-12(28)2-1-11(34-19-23-25-26-24-19)10-8-33-17-14(16(29)27(17)15(10)18(30)31)22-13(32)7-9-3-5-21-6-4-9/h3-6,11,14,17H,1-2,7-8H2,(H2,20,28)(H,22,32)(H,30,31)(H,23,24,25,26)/t11?,14?,17-/m0/s1. The Morgan fingerprint density at radius 3 is 2.82 bits per heavy atom. The number of thiocarbonyl (C=S) groups is 1. The first-order chi connectivity index (χ1) is 16.3. The van der Waals surface area contributed by atoms with Crippen molar-refractivity contribution in [3.8, 4) is 0 Å². The molecule has 2 aromatic rings. The largest absolute Gasteiger partial charge is 0.477 e. The lowest BCUT2D eigenvalue weighted by atomic mass is 9.99. The van der Waals surface area contributed by atoms with Crippen molar-refractivity contribution < 1.29 is 19.5 Å². The van der Waals surface area contributed by atoms with Crippen LogP contribution in [0.25, 0.3) is 0 Å². The molecule has 4 rings (SSSR count). The van der Waals surface area contributed by atoms with E-state index in [9.17, 15) is 19.5 Å². The number of H-pyrrole nitrogens is 1. The molecule has 12 nitrogen and oxygen atoms in total. The summed E-state index contributed by atoms with van der Waals surface area (Å²) in [7, 11) is 0. The molecule has 0 radical (unpaired) electrons. The highest BCUT2D eigenvalue weighted by Gasteiger charge is 2.54. The fourth-order valence-electron chi connectivity index (χ4n) is 3.71. The second-order valence-electron chi connectivity index (χ2n) is 7.48. The van der Waals surface area contributed by atoms with Crippen LogP contribution in [0.2, 0.25) is 0 Å². The number of nitrogens with two attached hydrogens (primary N) is 1. The lowest BCUT2D eigenvalue weighted by Gasteiger charge is -2.50. The molecule has 1 fully saturated rings. The number of hydrogen-bond donors (Lipinski definition) is 4. The molecule has 15 heteroatoms. The van der Waals surface area contributed by atoms with E-state index in [1.54, 1.807) is 12.4 Å². The number of β-lactam (4-membered cyclic amide) rings is 1. The second-order valence-corrected chi connectivity index (χ2v) is 10.3. The van der Waals surface area contributed by atoms with Crippen molar-refractivity contribution in [2.45, 2.75) is 41.1 Å². The van der Waals surface area contributed by atoms with Gasteiger partial charge in [0.15, 0.2) is 0 Å². The van der Waals surface area contributed by atoms with Crippen LogP contribution in [-0.4, -0.2) is 80.8 Å². The zero-order chi connectivity index (χ0) is 24.2. The fraction of sp³-hybridized carbons (Fsp3) is 0.368. The van der Waals surface area contributed by atoms with E-state index >= 15 is 0 Å². The van der Waals surface area contributed by atoms with E-state index in [0.717, 1.165) is 5.56 Å². The zero-order valence-electron chi connectivity index (χ0n) is 17.6. The Morgan fingerprint density at radius 1 is 1.41 bits per heavy atom. The summed E-state index contributed by atoms with van der Waals surface area (Å²) in [6, 6.07) is 3.05. The van der Waals surface area contributed by atoms with Crippen LogP contribution in [0.4, 0.5) is 0 Å². The molecule has 3 atom stereocenters. The maximum atomic E-state index is 13.0. The molecule has 178 valence electrons. The summed E-state index contributed by atoms with van der Waals surface area (Å²) in [5.41, 5.74) is 6.71. The normalized spacial score (nSPS) is 20.4. The van der Waals surface area contributed by atoms with Gasteiger partial charge >= 0.3 is 5.97 Å². The number of primary amides is 1. The number of thioether (sulfide) groups is 2. The molecule has 0 aliphatic carbocycles. The summed E-state index contributed by atoms with van der Waals surface area (Å²) in [6.45, 7) is 0. The molecule has 2 aliphatic heterocycles. The average molecular weight is 521 g/mol. The third-order valence-electron chi connectivity index (χ3n) is 5.25. The highest BCUT2D eigenvalue weighted by Crippen LogP contribution is 2.44. The molecule has 1 saturated heterocycles. The maximum absolute atomic E-state index is 13.0. The lowest BCUT2D eigenvalue weighted by molar-refractivity contribution is -0.148. The molecule has 2 aliphatic rings. The minimum Gasteiger partial charge on any atom is -0.477 e. The number of fused-ring (bicyclic) bond motifs is 1. The Kier molecular flexibility index (Phi) is 7.43. The van der Waals surface area contributed by atoms with Crippen LogP contribution < -0.4 is 11.1 Å². The number of aliphatic carboxylic acids is 1. The Hall–Kier alpha value is -3.04. The molecule has 4 heterocycles. The predicted molar refractivity (Wildman–Crippen MR) is 127 cm³/mol. The van der Waals surface area contributed by atoms with Crippen LogP contribution in [0.1, 0.15) is 18.4 Å². The topological polar surface area (TPSA) is 180 Å². The first-order valence-electron chi connectivity index (χ1n) is 10.1. The van der Waals surface area contributed by atoms with Gasteiger partial charge in [0, 0.05) is 36.2 Å². The summed E-state index contributed by atoms with van der Waals surface area (Å²) >= 11 is 8.05. The predicted octanol–water partition coefficient (Wildman–Crippen LogP) is 0.103. The van der Waals surface area contributed by atoms with Crippen molar-refractivity contribution >= 4 is 58.5 Å². The number of carbonyl (C=O) groups excluding carboxylic acids is 2. The van der Waals surface area contributed by atoms with Crippen molar-refractivity contribution in [3.05, 3.63) is 41.4 Å². The summed E-state index contributed by atoms with van der Waals surface area (Å²) in [5, 5.41) is 26.1. The number of pyridine rings is 1. The Morgan fingerprint density at radius 2 is 2.18 bits per heavy atom. The highest BCUT2D eigenvalue weighted by molar-refractivity contribution is 8.01. The minimum absolute atomic E-state index is 0.0468. The Labute approximate surface area is 207 Å². The van der Waals surface area contributed by atoms with E-state index in [1.807, 2.05) is 12.1 Å². The molecular formula is C19H20N8O4S3. The van der Waals surface area contributed by atoms with Crippen molar-refractivity contribution in [2.24, 2.45) is 5.73 Å². The first kappa shape index (κ1) is 24.1. The number of carboxylic acids is 1. The quantitative estimate of drug-likeness (QED) is 0.189. The van der Waals surface area contributed by atoms with E-state index in [-0.39, 0.29) is 24.4 Å². The fourth-order valence-corrected chi connectivity index (χ4v) is 6.55. The van der Waals surface area contributed by atoms with Crippen LogP contribution in [0.15, 0.2) is 41.0 Å². The molecule has 2 unspecified atom stereocenters. The third kappa shape index (κ3) is 5.20. The number of aromatic amines is 1. The van der Waals surface area contributed by atoms with Gasteiger partial charge in [-0.25, -0.2) is 9.89 Å². The van der Waals surface area contributed by atoms with Gasteiger partial charge in [0.25, 0.3) is 5.91 Å². The van der Waals surface area contributed by atoms with E-state index < -0.39 is 28.5 Å². The van der Waals surface area contributed by atoms with Gasteiger partial charge in [-0.1, -0.05) is 24.0 Å². The Bertz CT molecular complexity index is 1130. The molecular weight excluding hydrogens is 500 g/mol. The first-order valence-corrected chi connectivity index (χ1v) is 12.5. The van der Waals surface area contributed by atoms with Crippen LogP contribution in [-0.2, 0) is 20.8 Å². The highest BCUT2D eigenvalue weighted by atomic mass is 32.2. The van der Waals surface area contributed by atoms with Crippen LogP contribution in [0.5, 0.6) is 0 Å². The van der Waals surface area contributed by atoms with Crippen LogP contribution in [0, 0.1) is 0 Å². The van der Waals surface area contributed by atoms with Gasteiger partial charge in [0.05, 0.1) is 4.99 Å². The molecule has 2 amide bonds. The van der Waals surface area contributed by atoms with Gasteiger partial charge in [-0.2, -0.15) is 0 Å². The zero-order valence-corrected chi connectivity index (χ0v) is 20.0. The second kappa shape index (κ2) is 10.5.